The fraction of sp³-hybridized carbons (Fsp3) is 0.600. The minimum atomic E-state index is -0.0970. The Kier molecular flexibility index (Phi) is 4.59. The van der Waals surface area contributed by atoms with Gasteiger partial charge in [-0.25, -0.2) is 4.39 Å². The van der Waals surface area contributed by atoms with Gasteiger partial charge in [0.1, 0.15) is 5.82 Å². The standard InChI is InChI=1S/C15H23FN2/c1-3-9-17-11-12-7-8-15(14(16)10-12)18(2)13-5-4-6-13/h7-8,10,13,17H,3-6,9,11H2,1-2H3. The Bertz CT molecular complexity index is 388. The second-order valence-electron chi connectivity index (χ2n) is 5.16. The summed E-state index contributed by atoms with van der Waals surface area (Å²) in [6, 6.07) is 6.13. The van der Waals surface area contributed by atoms with E-state index in [4.69, 9.17) is 0 Å². The fourth-order valence-electron chi connectivity index (χ4n) is 2.33. The highest BCUT2D eigenvalue weighted by Crippen LogP contribution is 2.30. The molecule has 0 amide bonds. The van der Waals surface area contributed by atoms with E-state index in [9.17, 15) is 4.39 Å². The molecule has 3 heteroatoms. The summed E-state index contributed by atoms with van der Waals surface area (Å²) in [4.78, 5) is 2.09. The van der Waals surface area contributed by atoms with Crippen molar-refractivity contribution >= 4 is 5.69 Å². The van der Waals surface area contributed by atoms with Crippen LogP contribution in [-0.4, -0.2) is 19.6 Å². The monoisotopic (exact) mass is 250 g/mol. The van der Waals surface area contributed by atoms with Gasteiger partial charge >= 0.3 is 0 Å². The molecule has 0 saturated heterocycles. The topological polar surface area (TPSA) is 15.3 Å². The van der Waals surface area contributed by atoms with Crippen LogP contribution in [0, 0.1) is 5.82 Å². The molecule has 0 aliphatic heterocycles. The molecule has 0 aromatic heterocycles. The Morgan fingerprint density at radius 1 is 1.39 bits per heavy atom. The summed E-state index contributed by atoms with van der Waals surface area (Å²) < 4.78 is 14.1. The molecule has 0 heterocycles. The van der Waals surface area contributed by atoms with Gasteiger partial charge in [-0.05, 0) is 49.9 Å². The van der Waals surface area contributed by atoms with Crippen LogP contribution in [0.25, 0.3) is 0 Å². The van der Waals surface area contributed by atoms with Crippen molar-refractivity contribution in [3.05, 3.63) is 29.6 Å². The lowest BCUT2D eigenvalue weighted by Gasteiger charge is -2.36. The van der Waals surface area contributed by atoms with Crippen molar-refractivity contribution in [3.63, 3.8) is 0 Å². The minimum Gasteiger partial charge on any atom is -0.369 e. The largest absolute Gasteiger partial charge is 0.369 e. The van der Waals surface area contributed by atoms with Crippen molar-refractivity contribution in [2.24, 2.45) is 0 Å². The Balaban J connectivity index is 2.00. The summed E-state index contributed by atoms with van der Waals surface area (Å²) in [5.41, 5.74) is 1.76. The summed E-state index contributed by atoms with van der Waals surface area (Å²) in [7, 11) is 2.00. The predicted molar refractivity (Wildman–Crippen MR) is 74.4 cm³/mol. The van der Waals surface area contributed by atoms with Gasteiger partial charge in [-0.3, -0.25) is 0 Å². The molecule has 18 heavy (non-hydrogen) atoms. The molecule has 1 N–H and O–H groups in total. The van der Waals surface area contributed by atoms with Crippen LogP contribution >= 0.6 is 0 Å². The highest BCUT2D eigenvalue weighted by atomic mass is 19.1. The van der Waals surface area contributed by atoms with Crippen molar-refractivity contribution < 1.29 is 4.39 Å². The van der Waals surface area contributed by atoms with Crippen LogP contribution in [0.1, 0.15) is 38.2 Å². The molecule has 1 aliphatic carbocycles. The number of nitrogens with one attached hydrogen (secondary N) is 1. The molecule has 2 nitrogen and oxygen atoms in total. The molecule has 0 radical (unpaired) electrons. The third-order valence-corrected chi connectivity index (χ3v) is 3.77. The third kappa shape index (κ3) is 3.02. The molecule has 2 rings (SSSR count). The van der Waals surface area contributed by atoms with Gasteiger partial charge in [-0.15, -0.1) is 0 Å². The number of hydrogen-bond donors (Lipinski definition) is 1. The Morgan fingerprint density at radius 2 is 2.17 bits per heavy atom. The smallest absolute Gasteiger partial charge is 0.146 e. The van der Waals surface area contributed by atoms with Gasteiger partial charge in [0.15, 0.2) is 0 Å². The summed E-state index contributed by atoms with van der Waals surface area (Å²) in [6.07, 6.45) is 4.76. The van der Waals surface area contributed by atoms with Crippen LogP contribution < -0.4 is 10.2 Å². The molecule has 1 aliphatic rings. The van der Waals surface area contributed by atoms with Crippen LogP contribution in [0.3, 0.4) is 0 Å². The summed E-state index contributed by atoms with van der Waals surface area (Å²) >= 11 is 0. The summed E-state index contributed by atoms with van der Waals surface area (Å²) in [5, 5.41) is 3.29. The first-order valence-electron chi connectivity index (χ1n) is 6.94. The lowest BCUT2D eigenvalue weighted by atomic mass is 9.91. The number of nitrogens with zero attached hydrogens (tertiary/aromatic N) is 1. The molecular weight excluding hydrogens is 227 g/mol. The molecular formula is C15H23FN2. The van der Waals surface area contributed by atoms with E-state index in [1.54, 1.807) is 6.07 Å². The quantitative estimate of drug-likeness (QED) is 0.779. The fourth-order valence-corrected chi connectivity index (χ4v) is 2.33. The highest BCUT2D eigenvalue weighted by molar-refractivity contribution is 5.49. The lowest BCUT2D eigenvalue weighted by Crippen LogP contribution is -2.37. The van der Waals surface area contributed by atoms with Gasteiger partial charge in [0.25, 0.3) is 0 Å². The number of benzene rings is 1. The van der Waals surface area contributed by atoms with E-state index < -0.39 is 0 Å². The maximum atomic E-state index is 14.1. The molecule has 0 atom stereocenters. The molecule has 1 fully saturated rings. The molecule has 100 valence electrons. The predicted octanol–water partition coefficient (Wildman–Crippen LogP) is 3.31. The van der Waals surface area contributed by atoms with Crippen molar-refractivity contribution in [2.75, 3.05) is 18.5 Å². The Morgan fingerprint density at radius 3 is 2.72 bits per heavy atom. The SMILES string of the molecule is CCCNCc1ccc(N(C)C2CCC2)c(F)c1. The van der Waals surface area contributed by atoms with Crippen molar-refractivity contribution in [1.29, 1.82) is 0 Å². The number of rotatable bonds is 6. The number of hydrogen-bond acceptors (Lipinski definition) is 2. The highest BCUT2D eigenvalue weighted by Gasteiger charge is 2.23. The normalized spacial score (nSPS) is 15.5. The van der Waals surface area contributed by atoms with E-state index in [-0.39, 0.29) is 5.82 Å². The molecule has 1 aromatic rings. The first-order valence-corrected chi connectivity index (χ1v) is 6.94. The average Bonchev–Trinajstić information content (AvgIpc) is 2.27. The first kappa shape index (κ1) is 13.3. The van der Waals surface area contributed by atoms with Crippen LogP contribution in [0.5, 0.6) is 0 Å². The number of halogens is 1. The second kappa shape index (κ2) is 6.19. The van der Waals surface area contributed by atoms with Crippen molar-refractivity contribution in [3.8, 4) is 0 Å². The van der Waals surface area contributed by atoms with Gasteiger partial charge in [-0.1, -0.05) is 13.0 Å². The average molecular weight is 250 g/mol. The zero-order valence-corrected chi connectivity index (χ0v) is 11.4. The van der Waals surface area contributed by atoms with E-state index in [1.165, 1.54) is 19.3 Å². The van der Waals surface area contributed by atoms with Crippen LogP contribution in [0.4, 0.5) is 10.1 Å². The van der Waals surface area contributed by atoms with Gasteiger partial charge in [-0.2, -0.15) is 0 Å². The summed E-state index contributed by atoms with van der Waals surface area (Å²) in [6.45, 7) is 3.85. The third-order valence-electron chi connectivity index (χ3n) is 3.77. The van der Waals surface area contributed by atoms with E-state index >= 15 is 0 Å². The maximum Gasteiger partial charge on any atom is 0.146 e. The zero-order chi connectivity index (χ0) is 13.0. The molecule has 1 aromatic carbocycles. The molecule has 0 bridgehead atoms. The van der Waals surface area contributed by atoms with Gasteiger partial charge in [0.05, 0.1) is 5.69 Å². The van der Waals surface area contributed by atoms with Gasteiger partial charge in [0, 0.05) is 19.6 Å². The number of anilines is 1. The van der Waals surface area contributed by atoms with Gasteiger partial charge in [0.2, 0.25) is 0 Å². The molecule has 0 spiro atoms. The maximum absolute atomic E-state index is 14.1. The molecule has 1 saturated carbocycles. The molecule has 0 unspecified atom stereocenters. The van der Waals surface area contributed by atoms with E-state index in [0.29, 0.717) is 6.04 Å². The van der Waals surface area contributed by atoms with E-state index in [2.05, 4.69) is 17.1 Å². The Labute approximate surface area is 109 Å². The van der Waals surface area contributed by atoms with E-state index in [1.807, 2.05) is 19.2 Å². The second-order valence-corrected chi connectivity index (χ2v) is 5.16. The van der Waals surface area contributed by atoms with Gasteiger partial charge < -0.3 is 10.2 Å². The Hall–Kier alpha value is -1.09. The van der Waals surface area contributed by atoms with E-state index in [0.717, 1.165) is 30.8 Å². The lowest BCUT2D eigenvalue weighted by molar-refractivity contribution is 0.398. The van der Waals surface area contributed by atoms with Crippen molar-refractivity contribution in [2.45, 2.75) is 45.2 Å². The van der Waals surface area contributed by atoms with Crippen LogP contribution in [0.2, 0.25) is 0 Å². The van der Waals surface area contributed by atoms with Crippen LogP contribution in [0.15, 0.2) is 18.2 Å². The van der Waals surface area contributed by atoms with Crippen LogP contribution in [-0.2, 0) is 6.54 Å². The zero-order valence-electron chi connectivity index (χ0n) is 11.4. The summed E-state index contributed by atoms with van der Waals surface area (Å²) in [5.74, 6) is -0.0970. The first-order chi connectivity index (χ1) is 8.72. The minimum absolute atomic E-state index is 0.0970. The van der Waals surface area contributed by atoms with Crippen molar-refractivity contribution in [1.82, 2.24) is 5.32 Å².